The fourth-order valence-electron chi connectivity index (χ4n) is 3.38. The van der Waals surface area contributed by atoms with Crippen LogP contribution in [-0.2, 0) is 4.79 Å². The second-order valence-electron chi connectivity index (χ2n) is 6.75. The number of aliphatic hydroxyl groups excluding tert-OH is 1. The highest BCUT2D eigenvalue weighted by Gasteiger charge is 2.26. The Morgan fingerprint density at radius 1 is 1.17 bits per heavy atom. The molecule has 5 nitrogen and oxygen atoms in total. The molecule has 1 amide bonds. The van der Waals surface area contributed by atoms with Crippen LogP contribution in [0.25, 0.3) is 0 Å². The molecule has 0 bridgehead atoms. The van der Waals surface area contributed by atoms with Gasteiger partial charge in [0.1, 0.15) is 0 Å². The number of amides is 1. The smallest absolute Gasteiger partial charge is 0.241 e. The third-order valence-corrected chi connectivity index (χ3v) is 4.78. The van der Waals surface area contributed by atoms with Crippen molar-refractivity contribution in [1.82, 2.24) is 9.80 Å². The Hall–Kier alpha value is -1.43. The Bertz CT molecular complexity index is 495. The number of nitrogens with zero attached hydrogens (tertiary/aromatic N) is 3. The highest BCUT2D eigenvalue weighted by atomic mass is 16.3. The lowest BCUT2D eigenvalue weighted by Crippen LogP contribution is -2.54. The van der Waals surface area contributed by atoms with E-state index in [1.54, 1.807) is 0 Å². The van der Waals surface area contributed by atoms with Crippen LogP contribution in [0.2, 0.25) is 0 Å². The summed E-state index contributed by atoms with van der Waals surface area (Å²) in [7, 11) is 0. The Kier molecular flexibility index (Phi) is 7.21. The monoisotopic (exact) mass is 333 g/mol. The van der Waals surface area contributed by atoms with Crippen LogP contribution in [-0.4, -0.2) is 72.2 Å². The van der Waals surface area contributed by atoms with Gasteiger partial charge >= 0.3 is 0 Å². The Morgan fingerprint density at radius 2 is 1.79 bits per heavy atom. The van der Waals surface area contributed by atoms with E-state index in [2.05, 4.69) is 30.6 Å². The number of aliphatic hydroxyl groups is 1. The second kappa shape index (κ2) is 9.16. The van der Waals surface area contributed by atoms with Crippen molar-refractivity contribution >= 4 is 11.6 Å². The molecule has 1 aromatic carbocycles. The summed E-state index contributed by atoms with van der Waals surface area (Å²) in [4.78, 5) is 19.3. The lowest BCUT2D eigenvalue weighted by molar-refractivity contribution is -0.120. The van der Waals surface area contributed by atoms with E-state index in [0.717, 1.165) is 38.3 Å². The average molecular weight is 333 g/mol. The van der Waals surface area contributed by atoms with Gasteiger partial charge in [0.2, 0.25) is 5.91 Å². The summed E-state index contributed by atoms with van der Waals surface area (Å²) in [6.07, 6.45) is 0.963. The van der Waals surface area contributed by atoms with E-state index in [9.17, 15) is 9.90 Å². The zero-order valence-electron chi connectivity index (χ0n) is 15.2. The summed E-state index contributed by atoms with van der Waals surface area (Å²) in [6, 6.07) is 10.3. The van der Waals surface area contributed by atoms with Crippen molar-refractivity contribution in [2.45, 2.75) is 39.3 Å². The standard InChI is InChI=1S/C19H31N3O2/c1-4-17(15-23)21-12-10-20(11-13-21)14-19(24)22(16(2)3)18-8-6-5-7-9-18/h5-9,16-17,23H,4,10-15H2,1-3H3. The van der Waals surface area contributed by atoms with Gasteiger partial charge in [0.25, 0.3) is 0 Å². The van der Waals surface area contributed by atoms with E-state index < -0.39 is 0 Å². The highest BCUT2D eigenvalue weighted by molar-refractivity contribution is 5.95. The Morgan fingerprint density at radius 3 is 2.29 bits per heavy atom. The van der Waals surface area contributed by atoms with Crippen molar-refractivity contribution in [3.63, 3.8) is 0 Å². The molecule has 1 saturated heterocycles. The molecule has 1 heterocycles. The number of rotatable bonds is 7. The van der Waals surface area contributed by atoms with Gasteiger partial charge < -0.3 is 10.0 Å². The quantitative estimate of drug-likeness (QED) is 0.827. The lowest BCUT2D eigenvalue weighted by atomic mass is 10.1. The van der Waals surface area contributed by atoms with Crippen LogP contribution in [0.4, 0.5) is 5.69 Å². The molecule has 0 saturated carbocycles. The molecular weight excluding hydrogens is 302 g/mol. The van der Waals surface area contributed by atoms with Gasteiger partial charge in [-0.1, -0.05) is 25.1 Å². The van der Waals surface area contributed by atoms with Crippen molar-refractivity contribution in [3.8, 4) is 0 Å². The molecule has 5 heteroatoms. The maximum atomic E-state index is 12.8. The number of para-hydroxylation sites is 1. The van der Waals surface area contributed by atoms with Crippen molar-refractivity contribution < 1.29 is 9.90 Å². The van der Waals surface area contributed by atoms with Gasteiger partial charge in [-0.05, 0) is 32.4 Å². The van der Waals surface area contributed by atoms with Crippen LogP contribution in [0.5, 0.6) is 0 Å². The molecule has 1 aromatic rings. The van der Waals surface area contributed by atoms with E-state index in [-0.39, 0.29) is 24.6 Å². The van der Waals surface area contributed by atoms with Gasteiger partial charge in [-0.25, -0.2) is 0 Å². The minimum atomic E-state index is 0.139. The molecule has 1 N–H and O–H groups in total. The van der Waals surface area contributed by atoms with E-state index >= 15 is 0 Å². The predicted molar refractivity (Wildman–Crippen MR) is 98.2 cm³/mol. The summed E-state index contributed by atoms with van der Waals surface area (Å²) < 4.78 is 0. The molecule has 0 radical (unpaired) electrons. The summed E-state index contributed by atoms with van der Waals surface area (Å²) >= 11 is 0. The molecule has 0 aliphatic carbocycles. The first-order valence-corrected chi connectivity index (χ1v) is 9.01. The van der Waals surface area contributed by atoms with Crippen LogP contribution in [0.3, 0.4) is 0 Å². The van der Waals surface area contributed by atoms with Gasteiger partial charge in [0, 0.05) is 44.0 Å². The SMILES string of the molecule is CCC(CO)N1CCN(CC(=O)N(c2ccccc2)C(C)C)CC1. The molecular formula is C19H31N3O2. The fourth-order valence-corrected chi connectivity index (χ4v) is 3.38. The molecule has 1 atom stereocenters. The molecule has 1 fully saturated rings. The summed E-state index contributed by atoms with van der Waals surface area (Å²) in [6.45, 7) is 10.5. The highest BCUT2D eigenvalue weighted by Crippen LogP contribution is 2.17. The van der Waals surface area contributed by atoms with Crippen LogP contribution >= 0.6 is 0 Å². The molecule has 2 rings (SSSR count). The Labute approximate surface area is 145 Å². The molecule has 1 aliphatic heterocycles. The third-order valence-electron chi connectivity index (χ3n) is 4.78. The third kappa shape index (κ3) is 4.79. The van der Waals surface area contributed by atoms with Crippen molar-refractivity contribution in [3.05, 3.63) is 30.3 Å². The van der Waals surface area contributed by atoms with E-state index in [1.807, 2.05) is 35.2 Å². The number of carbonyl (C=O) groups excluding carboxylic acids is 1. The van der Waals surface area contributed by atoms with Crippen LogP contribution in [0.1, 0.15) is 27.2 Å². The number of hydrogen-bond donors (Lipinski definition) is 1. The minimum Gasteiger partial charge on any atom is -0.395 e. The minimum absolute atomic E-state index is 0.139. The summed E-state index contributed by atoms with van der Waals surface area (Å²) in [5, 5.41) is 9.43. The van der Waals surface area contributed by atoms with Crippen molar-refractivity contribution in [2.24, 2.45) is 0 Å². The van der Waals surface area contributed by atoms with Gasteiger partial charge in [-0.15, -0.1) is 0 Å². The molecule has 1 aliphatic rings. The van der Waals surface area contributed by atoms with Gasteiger partial charge in [-0.2, -0.15) is 0 Å². The van der Waals surface area contributed by atoms with E-state index in [1.165, 1.54) is 0 Å². The Balaban J connectivity index is 1.92. The first-order chi connectivity index (χ1) is 11.6. The van der Waals surface area contributed by atoms with Crippen LogP contribution in [0, 0.1) is 0 Å². The number of benzene rings is 1. The average Bonchev–Trinajstić information content (AvgIpc) is 2.58. The first kappa shape index (κ1) is 18.9. The van der Waals surface area contributed by atoms with Crippen LogP contribution in [0.15, 0.2) is 30.3 Å². The first-order valence-electron chi connectivity index (χ1n) is 9.01. The van der Waals surface area contributed by atoms with Gasteiger partial charge in [-0.3, -0.25) is 14.6 Å². The summed E-state index contributed by atoms with van der Waals surface area (Å²) in [5.41, 5.74) is 0.961. The summed E-state index contributed by atoms with van der Waals surface area (Å²) in [5.74, 6) is 0.152. The van der Waals surface area contributed by atoms with E-state index in [0.29, 0.717) is 6.54 Å². The number of carbonyl (C=O) groups is 1. The van der Waals surface area contributed by atoms with Crippen molar-refractivity contribution in [2.75, 3.05) is 44.2 Å². The normalized spacial score (nSPS) is 17.9. The zero-order valence-corrected chi connectivity index (χ0v) is 15.2. The number of piperazine rings is 1. The fraction of sp³-hybridized carbons (Fsp3) is 0.632. The number of anilines is 1. The lowest BCUT2D eigenvalue weighted by Gasteiger charge is -2.39. The van der Waals surface area contributed by atoms with Crippen LogP contribution < -0.4 is 4.90 Å². The van der Waals surface area contributed by atoms with Gasteiger partial charge in [0.05, 0.1) is 13.2 Å². The zero-order chi connectivity index (χ0) is 17.5. The second-order valence-corrected chi connectivity index (χ2v) is 6.75. The molecule has 24 heavy (non-hydrogen) atoms. The van der Waals surface area contributed by atoms with Crippen molar-refractivity contribution in [1.29, 1.82) is 0 Å². The molecule has 1 unspecified atom stereocenters. The number of hydrogen-bond acceptors (Lipinski definition) is 4. The topological polar surface area (TPSA) is 47.0 Å². The molecule has 0 spiro atoms. The largest absolute Gasteiger partial charge is 0.395 e. The maximum absolute atomic E-state index is 12.8. The predicted octanol–water partition coefficient (Wildman–Crippen LogP) is 1.82. The molecule has 0 aromatic heterocycles. The van der Waals surface area contributed by atoms with E-state index in [4.69, 9.17) is 0 Å². The molecule has 134 valence electrons. The van der Waals surface area contributed by atoms with Gasteiger partial charge in [0.15, 0.2) is 0 Å². The maximum Gasteiger partial charge on any atom is 0.241 e.